The van der Waals surface area contributed by atoms with E-state index in [1.807, 2.05) is 43.9 Å². The summed E-state index contributed by atoms with van der Waals surface area (Å²) in [6, 6.07) is 7.32. The van der Waals surface area contributed by atoms with Crippen molar-refractivity contribution in [2.45, 2.75) is 58.3 Å². The number of benzene rings is 1. The quantitative estimate of drug-likeness (QED) is 0.493. The highest BCUT2D eigenvalue weighted by Gasteiger charge is 2.27. The van der Waals surface area contributed by atoms with Crippen molar-refractivity contribution in [1.82, 2.24) is 14.9 Å². The summed E-state index contributed by atoms with van der Waals surface area (Å²) >= 11 is 0. The van der Waals surface area contributed by atoms with Crippen LogP contribution in [-0.4, -0.2) is 67.2 Å². The summed E-state index contributed by atoms with van der Waals surface area (Å²) in [6.07, 6.45) is 0.528. The molecule has 1 aromatic heterocycles. The topological polar surface area (TPSA) is 61.8 Å². The molecule has 0 saturated carbocycles. The highest BCUT2D eigenvalue weighted by Crippen LogP contribution is 2.34. The predicted molar refractivity (Wildman–Crippen MR) is 137 cm³/mol. The van der Waals surface area contributed by atoms with Crippen molar-refractivity contribution in [2.24, 2.45) is 0 Å². The summed E-state index contributed by atoms with van der Waals surface area (Å²) in [5, 5.41) is 0. The lowest BCUT2D eigenvalue weighted by Crippen LogP contribution is -2.47. The van der Waals surface area contributed by atoms with Gasteiger partial charge in [0.15, 0.2) is 0 Å². The molecule has 1 saturated heterocycles. The fraction of sp³-hybridized carbons (Fsp3) is 0.593. The molecule has 0 N–H and O–H groups in total. The third-order valence-corrected chi connectivity index (χ3v) is 6.94. The number of amides is 1. The van der Waals surface area contributed by atoms with E-state index in [0.29, 0.717) is 24.6 Å². The van der Waals surface area contributed by atoms with Gasteiger partial charge < -0.3 is 14.5 Å². The van der Waals surface area contributed by atoms with Crippen molar-refractivity contribution in [3.63, 3.8) is 0 Å². The van der Waals surface area contributed by atoms with Crippen LogP contribution < -0.4 is 14.5 Å². The average Bonchev–Trinajstić information content (AvgIpc) is 2.86. The van der Waals surface area contributed by atoms with Crippen LogP contribution in [0.15, 0.2) is 24.3 Å². The Hall–Kier alpha value is -2.81. The first-order valence-electron chi connectivity index (χ1n) is 12.8. The van der Waals surface area contributed by atoms with Crippen LogP contribution in [0, 0.1) is 0 Å². The van der Waals surface area contributed by atoms with Gasteiger partial charge in [0.05, 0.1) is 12.8 Å². The lowest BCUT2D eigenvalue weighted by molar-refractivity contribution is -0.118. The van der Waals surface area contributed by atoms with Gasteiger partial charge in [0.1, 0.15) is 23.1 Å². The van der Waals surface area contributed by atoms with Crippen molar-refractivity contribution in [3.05, 3.63) is 41.3 Å². The molecule has 0 aliphatic carbocycles. The van der Waals surface area contributed by atoms with Gasteiger partial charge in [0.25, 0.3) is 6.43 Å². The number of hydrogen-bond acceptors (Lipinski definition) is 6. The van der Waals surface area contributed by atoms with Gasteiger partial charge in [-0.15, -0.1) is 0 Å². The van der Waals surface area contributed by atoms with Crippen LogP contribution in [0.25, 0.3) is 0 Å². The van der Waals surface area contributed by atoms with Crippen molar-refractivity contribution < 1.29 is 18.3 Å². The van der Waals surface area contributed by atoms with Crippen LogP contribution in [0.5, 0.6) is 5.75 Å². The second-order valence-corrected chi connectivity index (χ2v) is 10.6. The van der Waals surface area contributed by atoms with Crippen LogP contribution >= 0.6 is 0 Å². The second-order valence-electron chi connectivity index (χ2n) is 10.6. The molecule has 0 unspecified atom stereocenters. The van der Waals surface area contributed by atoms with E-state index in [-0.39, 0.29) is 11.6 Å². The van der Waals surface area contributed by atoms with Crippen LogP contribution in [0.1, 0.15) is 63.5 Å². The smallest absolute Gasteiger partial charge is 0.280 e. The third kappa shape index (κ3) is 5.94. The first kappa shape index (κ1) is 26.3. The van der Waals surface area contributed by atoms with E-state index < -0.39 is 11.8 Å². The number of rotatable bonds is 8. The number of alkyl halides is 2. The maximum absolute atomic E-state index is 13.4. The number of piperazine rings is 1. The van der Waals surface area contributed by atoms with Gasteiger partial charge in [0, 0.05) is 56.2 Å². The van der Waals surface area contributed by atoms with E-state index in [9.17, 15) is 13.6 Å². The summed E-state index contributed by atoms with van der Waals surface area (Å²) in [6.45, 7) is 10.6. The number of carbonyl (C=O) groups is 1. The minimum Gasteiger partial charge on any atom is -0.496 e. The molecule has 0 bridgehead atoms. The number of nitrogens with zero attached hydrogens (tertiary/aromatic N) is 5. The Labute approximate surface area is 212 Å². The highest BCUT2D eigenvalue weighted by molar-refractivity contribution is 5.96. The standard InChI is InChI=1S/C27H37F2N5O2/c1-27(2,3)26-30-20(25(28)29)18-23(31-26)33-16-14-32(15-17-33)12-5-6-13-34-21-8-7-9-22(36-4)19(21)10-11-24(34)35/h7-9,18,25H,5-6,10-17H2,1-4H3. The molecule has 7 nitrogen and oxygen atoms in total. The van der Waals surface area contributed by atoms with Gasteiger partial charge in [0.2, 0.25) is 5.91 Å². The number of unbranched alkanes of at least 4 members (excludes halogenated alkanes) is 1. The maximum atomic E-state index is 13.4. The zero-order chi connectivity index (χ0) is 25.9. The van der Waals surface area contributed by atoms with E-state index in [1.54, 1.807) is 7.11 Å². The highest BCUT2D eigenvalue weighted by atomic mass is 19.3. The molecule has 0 atom stereocenters. The van der Waals surface area contributed by atoms with Crippen LogP contribution in [0.2, 0.25) is 0 Å². The molecule has 1 amide bonds. The number of aromatic nitrogens is 2. The van der Waals surface area contributed by atoms with Crippen LogP contribution in [-0.2, 0) is 16.6 Å². The number of halogens is 2. The van der Waals surface area contributed by atoms with Crippen molar-refractivity contribution in [1.29, 1.82) is 0 Å². The predicted octanol–water partition coefficient (Wildman–Crippen LogP) is 4.60. The normalized spacial score (nSPS) is 17.0. The van der Waals surface area contributed by atoms with E-state index >= 15 is 0 Å². The Kier molecular flexibility index (Phi) is 8.07. The van der Waals surface area contributed by atoms with E-state index in [0.717, 1.165) is 69.0 Å². The summed E-state index contributed by atoms with van der Waals surface area (Å²) in [7, 11) is 1.67. The Morgan fingerprint density at radius 3 is 2.42 bits per heavy atom. The monoisotopic (exact) mass is 501 g/mol. The van der Waals surface area contributed by atoms with Crippen molar-refractivity contribution in [2.75, 3.05) is 56.2 Å². The van der Waals surface area contributed by atoms with Crippen LogP contribution in [0.3, 0.4) is 0 Å². The molecule has 0 radical (unpaired) electrons. The molecule has 36 heavy (non-hydrogen) atoms. The largest absolute Gasteiger partial charge is 0.496 e. The fourth-order valence-corrected chi connectivity index (χ4v) is 4.86. The molecule has 196 valence electrons. The zero-order valence-corrected chi connectivity index (χ0v) is 21.8. The number of hydrogen-bond donors (Lipinski definition) is 0. The van der Waals surface area contributed by atoms with Gasteiger partial charge in [-0.05, 0) is 37.9 Å². The van der Waals surface area contributed by atoms with Gasteiger partial charge in [-0.3, -0.25) is 9.69 Å². The molecule has 3 heterocycles. The van der Waals surface area contributed by atoms with E-state index in [4.69, 9.17) is 4.74 Å². The first-order chi connectivity index (χ1) is 17.2. The fourth-order valence-electron chi connectivity index (χ4n) is 4.86. The Morgan fingerprint density at radius 2 is 1.75 bits per heavy atom. The molecule has 0 spiro atoms. The molecule has 1 fully saturated rings. The maximum Gasteiger partial charge on any atom is 0.280 e. The molecular weight excluding hydrogens is 464 g/mol. The number of methoxy groups -OCH3 is 1. The Bertz CT molecular complexity index is 1060. The Morgan fingerprint density at radius 1 is 1.03 bits per heavy atom. The zero-order valence-electron chi connectivity index (χ0n) is 21.8. The SMILES string of the molecule is COc1cccc2c1CCC(=O)N2CCCCN1CCN(c2cc(C(F)F)nc(C(C)(C)C)n2)CC1. The number of anilines is 2. The molecular formula is C27H37F2N5O2. The molecule has 2 aliphatic heterocycles. The van der Waals surface area contributed by atoms with Gasteiger partial charge >= 0.3 is 0 Å². The summed E-state index contributed by atoms with van der Waals surface area (Å²) < 4.78 is 32.4. The van der Waals surface area contributed by atoms with E-state index in [1.165, 1.54) is 6.07 Å². The summed E-state index contributed by atoms with van der Waals surface area (Å²) in [4.78, 5) is 27.7. The van der Waals surface area contributed by atoms with Gasteiger partial charge in [-0.2, -0.15) is 0 Å². The molecule has 1 aromatic carbocycles. The lowest BCUT2D eigenvalue weighted by Gasteiger charge is -2.36. The molecule has 2 aliphatic rings. The van der Waals surface area contributed by atoms with Gasteiger partial charge in [-0.1, -0.05) is 26.8 Å². The van der Waals surface area contributed by atoms with Gasteiger partial charge in [-0.25, -0.2) is 18.7 Å². The number of fused-ring (bicyclic) bond motifs is 1. The minimum atomic E-state index is -2.62. The summed E-state index contributed by atoms with van der Waals surface area (Å²) in [5.41, 5.74) is 1.48. The second kappa shape index (κ2) is 11.1. The lowest BCUT2D eigenvalue weighted by atomic mass is 9.95. The molecule has 4 rings (SSSR count). The van der Waals surface area contributed by atoms with Crippen LogP contribution in [0.4, 0.5) is 20.3 Å². The first-order valence-corrected chi connectivity index (χ1v) is 12.8. The number of ether oxygens (including phenoxy) is 1. The number of carbonyl (C=O) groups excluding carboxylic acids is 1. The minimum absolute atomic E-state index is 0.173. The summed E-state index contributed by atoms with van der Waals surface area (Å²) in [5.74, 6) is 2.06. The average molecular weight is 502 g/mol. The van der Waals surface area contributed by atoms with Crippen molar-refractivity contribution >= 4 is 17.4 Å². The Balaban J connectivity index is 1.29. The van der Waals surface area contributed by atoms with Crippen molar-refractivity contribution in [3.8, 4) is 5.75 Å². The molecule has 2 aromatic rings. The van der Waals surface area contributed by atoms with E-state index in [2.05, 4.69) is 19.8 Å². The third-order valence-electron chi connectivity index (χ3n) is 6.94. The molecule has 9 heteroatoms.